The summed E-state index contributed by atoms with van der Waals surface area (Å²) in [6, 6.07) is 6.40. The SMILES string of the molecule is O=C1/C(=C/c2ccccc2F)SC(=S)N1CCN1CCOCC1. The molecule has 2 aliphatic heterocycles. The van der Waals surface area contributed by atoms with Gasteiger partial charge in [0.1, 0.15) is 10.1 Å². The number of nitrogens with zero attached hydrogens (tertiary/aromatic N) is 2. The lowest BCUT2D eigenvalue weighted by Gasteiger charge is -2.28. The second-order valence-electron chi connectivity index (χ2n) is 5.31. The summed E-state index contributed by atoms with van der Waals surface area (Å²) in [5, 5.41) is 0. The van der Waals surface area contributed by atoms with Gasteiger partial charge in [0.05, 0.1) is 18.1 Å². The molecular formula is C16H17FN2O2S2. The third kappa shape index (κ3) is 3.98. The smallest absolute Gasteiger partial charge is 0.266 e. The Hall–Kier alpha value is -1.28. The van der Waals surface area contributed by atoms with Gasteiger partial charge in [0.25, 0.3) is 5.91 Å². The molecular weight excluding hydrogens is 335 g/mol. The number of amides is 1. The van der Waals surface area contributed by atoms with Gasteiger partial charge in [0.2, 0.25) is 0 Å². The standard InChI is InChI=1S/C16H17FN2O2S2/c17-13-4-2-1-3-12(13)11-14-15(20)19(16(22)23-14)6-5-18-7-9-21-10-8-18/h1-4,11H,5-10H2/b14-11-. The van der Waals surface area contributed by atoms with Crippen molar-refractivity contribution >= 4 is 40.3 Å². The minimum absolute atomic E-state index is 0.142. The molecule has 0 spiro atoms. The van der Waals surface area contributed by atoms with E-state index in [1.54, 1.807) is 29.2 Å². The molecule has 0 atom stereocenters. The molecule has 7 heteroatoms. The Morgan fingerprint density at radius 2 is 2.00 bits per heavy atom. The van der Waals surface area contributed by atoms with Crippen LogP contribution in [0.2, 0.25) is 0 Å². The Balaban J connectivity index is 1.66. The number of morpholine rings is 1. The minimum atomic E-state index is -0.342. The Bertz CT molecular complexity index is 645. The number of thiocarbonyl (C=S) groups is 1. The lowest BCUT2D eigenvalue weighted by atomic mass is 10.2. The van der Waals surface area contributed by atoms with Crippen LogP contribution in [0.4, 0.5) is 4.39 Å². The van der Waals surface area contributed by atoms with Gasteiger partial charge >= 0.3 is 0 Å². The summed E-state index contributed by atoms with van der Waals surface area (Å²) in [7, 11) is 0. The van der Waals surface area contributed by atoms with Gasteiger partial charge in [-0.05, 0) is 12.1 Å². The fourth-order valence-electron chi connectivity index (χ4n) is 2.49. The first kappa shape index (κ1) is 16.6. The van der Waals surface area contributed by atoms with Crippen LogP contribution in [0.1, 0.15) is 5.56 Å². The van der Waals surface area contributed by atoms with E-state index in [-0.39, 0.29) is 11.7 Å². The van der Waals surface area contributed by atoms with Gasteiger partial charge < -0.3 is 4.74 Å². The minimum Gasteiger partial charge on any atom is -0.379 e. The second kappa shape index (κ2) is 7.53. The molecule has 2 saturated heterocycles. The molecule has 2 aliphatic rings. The monoisotopic (exact) mass is 352 g/mol. The number of carbonyl (C=O) groups excluding carboxylic acids is 1. The first-order valence-corrected chi connectivity index (χ1v) is 8.67. The van der Waals surface area contributed by atoms with Gasteiger partial charge in [-0.1, -0.05) is 42.2 Å². The molecule has 0 bridgehead atoms. The number of rotatable bonds is 4. The van der Waals surface area contributed by atoms with Crippen molar-refractivity contribution in [2.24, 2.45) is 0 Å². The van der Waals surface area contributed by atoms with Crippen molar-refractivity contribution in [3.63, 3.8) is 0 Å². The van der Waals surface area contributed by atoms with Crippen molar-refractivity contribution < 1.29 is 13.9 Å². The van der Waals surface area contributed by atoms with Gasteiger partial charge in [-0.3, -0.25) is 14.6 Å². The van der Waals surface area contributed by atoms with Crippen molar-refractivity contribution in [3.8, 4) is 0 Å². The summed E-state index contributed by atoms with van der Waals surface area (Å²) in [5.74, 6) is -0.484. The topological polar surface area (TPSA) is 32.8 Å². The van der Waals surface area contributed by atoms with Gasteiger partial charge in [-0.2, -0.15) is 0 Å². The van der Waals surface area contributed by atoms with Crippen molar-refractivity contribution in [2.45, 2.75) is 0 Å². The molecule has 0 saturated carbocycles. The third-order valence-electron chi connectivity index (χ3n) is 3.81. The maximum Gasteiger partial charge on any atom is 0.266 e. The Kier molecular flexibility index (Phi) is 5.42. The molecule has 4 nitrogen and oxygen atoms in total. The average molecular weight is 352 g/mol. The lowest BCUT2D eigenvalue weighted by Crippen LogP contribution is -2.42. The van der Waals surface area contributed by atoms with E-state index in [9.17, 15) is 9.18 Å². The molecule has 0 radical (unpaired) electrons. The average Bonchev–Trinajstić information content (AvgIpc) is 2.82. The molecule has 122 valence electrons. The van der Waals surface area contributed by atoms with Crippen LogP contribution < -0.4 is 0 Å². The van der Waals surface area contributed by atoms with E-state index >= 15 is 0 Å². The van der Waals surface area contributed by atoms with E-state index in [4.69, 9.17) is 17.0 Å². The number of carbonyl (C=O) groups is 1. The van der Waals surface area contributed by atoms with Crippen LogP contribution in [0.3, 0.4) is 0 Å². The van der Waals surface area contributed by atoms with E-state index in [0.717, 1.165) is 32.8 Å². The zero-order valence-corrected chi connectivity index (χ0v) is 14.2. The normalized spacial score (nSPS) is 21.4. The summed E-state index contributed by atoms with van der Waals surface area (Å²) in [4.78, 5) is 16.8. The molecule has 1 aromatic carbocycles. The molecule has 23 heavy (non-hydrogen) atoms. The largest absolute Gasteiger partial charge is 0.379 e. The number of hydrogen-bond acceptors (Lipinski definition) is 5. The number of halogens is 1. The fourth-order valence-corrected chi connectivity index (χ4v) is 3.79. The van der Waals surface area contributed by atoms with Crippen LogP contribution in [0, 0.1) is 5.82 Å². The molecule has 3 rings (SSSR count). The van der Waals surface area contributed by atoms with E-state index in [1.165, 1.54) is 17.8 Å². The maximum atomic E-state index is 13.7. The summed E-state index contributed by atoms with van der Waals surface area (Å²) in [5.41, 5.74) is 0.404. The first-order valence-electron chi connectivity index (χ1n) is 7.45. The summed E-state index contributed by atoms with van der Waals surface area (Å²) in [6.45, 7) is 4.53. The van der Waals surface area contributed by atoms with Crippen LogP contribution in [-0.4, -0.2) is 59.4 Å². The first-order chi connectivity index (χ1) is 11.1. The Morgan fingerprint density at radius 3 is 2.74 bits per heavy atom. The van der Waals surface area contributed by atoms with Crippen molar-refractivity contribution in [1.82, 2.24) is 9.80 Å². The molecule has 0 aromatic heterocycles. The Labute approximate surface area is 144 Å². The molecule has 0 N–H and O–H groups in total. The molecule has 0 aliphatic carbocycles. The second-order valence-corrected chi connectivity index (χ2v) is 6.98. The predicted octanol–water partition coefficient (Wildman–Crippen LogP) is 2.36. The predicted molar refractivity (Wildman–Crippen MR) is 93.5 cm³/mol. The summed E-state index contributed by atoms with van der Waals surface area (Å²) in [6.07, 6.45) is 1.57. The highest BCUT2D eigenvalue weighted by Gasteiger charge is 2.32. The summed E-state index contributed by atoms with van der Waals surface area (Å²) >= 11 is 6.53. The molecule has 1 aromatic rings. The van der Waals surface area contributed by atoms with Crippen molar-refractivity contribution in [3.05, 3.63) is 40.6 Å². The maximum absolute atomic E-state index is 13.7. The number of benzene rings is 1. The van der Waals surface area contributed by atoms with E-state index in [1.807, 2.05) is 0 Å². The highest BCUT2D eigenvalue weighted by Crippen LogP contribution is 2.32. The van der Waals surface area contributed by atoms with Gasteiger partial charge in [0.15, 0.2) is 0 Å². The van der Waals surface area contributed by atoms with Crippen LogP contribution in [0.15, 0.2) is 29.2 Å². The molecule has 1 amide bonds. The highest BCUT2D eigenvalue weighted by molar-refractivity contribution is 8.26. The van der Waals surface area contributed by atoms with Crippen LogP contribution in [0.5, 0.6) is 0 Å². The fraction of sp³-hybridized carbons (Fsp3) is 0.375. The van der Waals surface area contributed by atoms with Gasteiger partial charge in [-0.15, -0.1) is 0 Å². The number of thioether (sulfide) groups is 1. The van der Waals surface area contributed by atoms with Gasteiger partial charge in [-0.25, -0.2) is 4.39 Å². The third-order valence-corrected chi connectivity index (χ3v) is 5.19. The van der Waals surface area contributed by atoms with Crippen molar-refractivity contribution in [2.75, 3.05) is 39.4 Å². The zero-order chi connectivity index (χ0) is 16.2. The van der Waals surface area contributed by atoms with Crippen molar-refractivity contribution in [1.29, 1.82) is 0 Å². The zero-order valence-electron chi connectivity index (χ0n) is 12.5. The van der Waals surface area contributed by atoms with E-state index in [0.29, 0.717) is 21.3 Å². The number of hydrogen-bond donors (Lipinski definition) is 0. The van der Waals surface area contributed by atoms with E-state index < -0.39 is 0 Å². The summed E-state index contributed by atoms with van der Waals surface area (Å²) < 4.78 is 19.6. The number of ether oxygens (including phenoxy) is 1. The molecule has 0 unspecified atom stereocenters. The highest BCUT2D eigenvalue weighted by atomic mass is 32.2. The molecule has 2 fully saturated rings. The van der Waals surface area contributed by atoms with E-state index in [2.05, 4.69) is 4.90 Å². The Morgan fingerprint density at radius 1 is 1.26 bits per heavy atom. The lowest BCUT2D eigenvalue weighted by molar-refractivity contribution is -0.122. The van der Waals surface area contributed by atoms with Gasteiger partial charge in [0, 0.05) is 31.7 Å². The van der Waals surface area contributed by atoms with Crippen LogP contribution >= 0.6 is 24.0 Å². The van der Waals surface area contributed by atoms with Crippen LogP contribution in [-0.2, 0) is 9.53 Å². The molecule has 2 heterocycles. The quantitative estimate of drug-likeness (QED) is 0.614. The van der Waals surface area contributed by atoms with Crippen LogP contribution in [0.25, 0.3) is 6.08 Å².